The fraction of sp³-hybridized carbons (Fsp3) is 0.417. The molecule has 0 radical (unpaired) electrons. The van der Waals surface area contributed by atoms with E-state index in [4.69, 9.17) is 0 Å². The number of amides is 1. The summed E-state index contributed by atoms with van der Waals surface area (Å²) in [6.45, 7) is 2.13. The van der Waals surface area contributed by atoms with Gasteiger partial charge in [0.1, 0.15) is 0 Å². The monoisotopic (exact) mass is 243 g/mol. The molecule has 0 saturated heterocycles. The number of carbonyl (C=O) groups is 1. The first kappa shape index (κ1) is 13.6. The average molecular weight is 243 g/mol. The quantitative estimate of drug-likeness (QED) is 0.829. The lowest BCUT2D eigenvalue weighted by atomic mass is 10.2. The Morgan fingerprint density at radius 3 is 2.71 bits per heavy atom. The summed E-state index contributed by atoms with van der Waals surface area (Å²) in [6, 6.07) is 2.97. The molecular formula is C12H15F2NO2. The van der Waals surface area contributed by atoms with Gasteiger partial charge in [0, 0.05) is 12.1 Å². The summed E-state index contributed by atoms with van der Waals surface area (Å²) in [5.41, 5.74) is 0.0647. The van der Waals surface area contributed by atoms with Crippen LogP contribution < -0.4 is 5.32 Å². The van der Waals surface area contributed by atoms with Gasteiger partial charge in [0.15, 0.2) is 11.6 Å². The second-order valence-electron chi connectivity index (χ2n) is 3.74. The van der Waals surface area contributed by atoms with E-state index in [0.717, 1.165) is 12.1 Å². The number of carbonyl (C=O) groups excluding carboxylic acids is 1. The molecule has 3 nitrogen and oxygen atoms in total. The third-order valence-electron chi connectivity index (χ3n) is 2.42. The van der Waals surface area contributed by atoms with E-state index in [9.17, 15) is 18.7 Å². The highest BCUT2D eigenvalue weighted by Gasteiger charge is 2.09. The van der Waals surface area contributed by atoms with Gasteiger partial charge in [-0.1, -0.05) is 6.92 Å². The Kier molecular flexibility index (Phi) is 5.03. The summed E-state index contributed by atoms with van der Waals surface area (Å²) in [6.07, 6.45) is 0.590. The minimum absolute atomic E-state index is 0.0647. The molecule has 1 amide bonds. The molecule has 17 heavy (non-hydrogen) atoms. The van der Waals surface area contributed by atoms with Gasteiger partial charge in [-0.25, -0.2) is 8.78 Å². The van der Waals surface area contributed by atoms with Crippen molar-refractivity contribution in [3.63, 3.8) is 0 Å². The van der Waals surface area contributed by atoms with Crippen LogP contribution in [0.3, 0.4) is 0 Å². The minimum Gasteiger partial charge on any atom is -0.393 e. The Labute approximate surface area is 98.5 Å². The van der Waals surface area contributed by atoms with E-state index in [1.54, 1.807) is 0 Å². The predicted molar refractivity (Wildman–Crippen MR) is 59.6 cm³/mol. The maximum Gasteiger partial charge on any atom is 0.251 e. The van der Waals surface area contributed by atoms with Crippen molar-refractivity contribution in [1.29, 1.82) is 0 Å². The first-order chi connectivity index (χ1) is 8.04. The van der Waals surface area contributed by atoms with Crippen molar-refractivity contribution in [3.05, 3.63) is 35.4 Å². The molecule has 1 aromatic carbocycles. The van der Waals surface area contributed by atoms with E-state index in [1.807, 2.05) is 6.92 Å². The first-order valence-corrected chi connectivity index (χ1v) is 5.46. The van der Waals surface area contributed by atoms with Gasteiger partial charge in [-0.15, -0.1) is 0 Å². The van der Waals surface area contributed by atoms with Crippen LogP contribution in [0.2, 0.25) is 0 Å². The number of benzene rings is 1. The van der Waals surface area contributed by atoms with Crippen LogP contribution in [0.15, 0.2) is 18.2 Å². The van der Waals surface area contributed by atoms with E-state index < -0.39 is 23.6 Å². The van der Waals surface area contributed by atoms with Crippen LogP contribution in [-0.4, -0.2) is 23.7 Å². The maximum absolute atomic E-state index is 12.8. The summed E-state index contributed by atoms with van der Waals surface area (Å²) in [5, 5.41) is 11.8. The van der Waals surface area contributed by atoms with Crippen molar-refractivity contribution < 1.29 is 18.7 Å². The van der Waals surface area contributed by atoms with Gasteiger partial charge in [0.05, 0.1) is 6.10 Å². The molecule has 1 atom stereocenters. The SMILES string of the molecule is CCC(O)CCNC(=O)c1ccc(F)c(F)c1. The maximum atomic E-state index is 12.8. The lowest BCUT2D eigenvalue weighted by Crippen LogP contribution is -2.27. The lowest BCUT2D eigenvalue weighted by molar-refractivity contribution is 0.0941. The zero-order valence-electron chi connectivity index (χ0n) is 9.54. The molecule has 1 rings (SSSR count). The molecule has 0 heterocycles. The number of rotatable bonds is 5. The highest BCUT2D eigenvalue weighted by Crippen LogP contribution is 2.08. The molecule has 5 heteroatoms. The van der Waals surface area contributed by atoms with Gasteiger partial charge in [-0.05, 0) is 31.0 Å². The standard InChI is InChI=1S/C12H15F2NO2/c1-2-9(16)5-6-15-12(17)8-3-4-10(13)11(14)7-8/h3-4,7,9,16H,2,5-6H2,1H3,(H,15,17). The Bertz CT molecular complexity index is 396. The van der Waals surface area contributed by atoms with Gasteiger partial charge in [-0.3, -0.25) is 4.79 Å². The zero-order chi connectivity index (χ0) is 12.8. The van der Waals surface area contributed by atoms with E-state index >= 15 is 0 Å². The number of halogens is 2. The molecule has 94 valence electrons. The number of aliphatic hydroxyl groups excluding tert-OH is 1. The molecule has 1 aromatic rings. The smallest absolute Gasteiger partial charge is 0.251 e. The van der Waals surface area contributed by atoms with Crippen LogP contribution in [0.4, 0.5) is 8.78 Å². The Hall–Kier alpha value is -1.49. The summed E-state index contributed by atoms with van der Waals surface area (Å²) in [5.74, 6) is -2.51. The molecule has 0 aliphatic heterocycles. The van der Waals surface area contributed by atoms with Gasteiger partial charge in [-0.2, -0.15) is 0 Å². The first-order valence-electron chi connectivity index (χ1n) is 5.46. The summed E-state index contributed by atoms with van der Waals surface area (Å²) in [4.78, 5) is 11.5. The summed E-state index contributed by atoms with van der Waals surface area (Å²) >= 11 is 0. The average Bonchev–Trinajstić information content (AvgIpc) is 2.32. The van der Waals surface area contributed by atoms with E-state index in [2.05, 4.69) is 5.32 Å². The van der Waals surface area contributed by atoms with E-state index in [0.29, 0.717) is 19.4 Å². The molecule has 0 bridgehead atoms. The van der Waals surface area contributed by atoms with Gasteiger partial charge < -0.3 is 10.4 Å². The zero-order valence-corrected chi connectivity index (χ0v) is 9.54. The highest BCUT2D eigenvalue weighted by atomic mass is 19.2. The Morgan fingerprint density at radius 1 is 1.41 bits per heavy atom. The lowest BCUT2D eigenvalue weighted by Gasteiger charge is -2.08. The third kappa shape index (κ3) is 4.11. The minimum atomic E-state index is -1.05. The largest absolute Gasteiger partial charge is 0.393 e. The molecule has 0 fully saturated rings. The molecule has 0 aromatic heterocycles. The topological polar surface area (TPSA) is 49.3 Å². The molecule has 0 aliphatic rings. The molecular weight excluding hydrogens is 228 g/mol. The highest BCUT2D eigenvalue weighted by molar-refractivity contribution is 5.94. The van der Waals surface area contributed by atoms with Crippen molar-refractivity contribution >= 4 is 5.91 Å². The number of hydrogen-bond acceptors (Lipinski definition) is 2. The van der Waals surface area contributed by atoms with Crippen molar-refractivity contribution in [2.45, 2.75) is 25.9 Å². The second kappa shape index (κ2) is 6.30. The van der Waals surface area contributed by atoms with Gasteiger partial charge >= 0.3 is 0 Å². The normalized spacial score (nSPS) is 12.2. The van der Waals surface area contributed by atoms with Gasteiger partial charge in [0.2, 0.25) is 0 Å². The van der Waals surface area contributed by atoms with E-state index in [-0.39, 0.29) is 5.56 Å². The fourth-order valence-corrected chi connectivity index (χ4v) is 1.30. The van der Waals surface area contributed by atoms with Crippen molar-refractivity contribution in [3.8, 4) is 0 Å². The molecule has 0 saturated carbocycles. The summed E-state index contributed by atoms with van der Waals surface area (Å²) in [7, 11) is 0. The van der Waals surface area contributed by atoms with Crippen molar-refractivity contribution in [2.75, 3.05) is 6.54 Å². The van der Waals surface area contributed by atoms with Crippen LogP contribution in [0.25, 0.3) is 0 Å². The van der Waals surface area contributed by atoms with Crippen molar-refractivity contribution in [2.24, 2.45) is 0 Å². The Balaban J connectivity index is 2.50. The summed E-state index contributed by atoms with van der Waals surface area (Å²) < 4.78 is 25.5. The number of hydrogen-bond donors (Lipinski definition) is 2. The van der Waals surface area contributed by atoms with Crippen LogP contribution in [-0.2, 0) is 0 Å². The molecule has 0 spiro atoms. The molecule has 2 N–H and O–H groups in total. The van der Waals surface area contributed by atoms with Crippen molar-refractivity contribution in [1.82, 2.24) is 5.32 Å². The van der Waals surface area contributed by atoms with Crippen LogP contribution in [0, 0.1) is 11.6 Å². The van der Waals surface area contributed by atoms with Crippen LogP contribution >= 0.6 is 0 Å². The molecule has 1 unspecified atom stereocenters. The van der Waals surface area contributed by atoms with Gasteiger partial charge in [0.25, 0.3) is 5.91 Å². The van der Waals surface area contributed by atoms with E-state index in [1.165, 1.54) is 6.07 Å². The molecule has 0 aliphatic carbocycles. The Morgan fingerprint density at radius 2 is 2.12 bits per heavy atom. The third-order valence-corrected chi connectivity index (χ3v) is 2.42. The predicted octanol–water partition coefficient (Wildman–Crippen LogP) is 1.86. The van der Waals surface area contributed by atoms with Crippen LogP contribution in [0.1, 0.15) is 30.1 Å². The second-order valence-corrected chi connectivity index (χ2v) is 3.74. The number of aliphatic hydroxyl groups is 1. The fourth-order valence-electron chi connectivity index (χ4n) is 1.30. The van der Waals surface area contributed by atoms with Crippen LogP contribution in [0.5, 0.6) is 0 Å². The number of nitrogens with one attached hydrogen (secondary N) is 1.